The predicted octanol–water partition coefficient (Wildman–Crippen LogP) is 3.59. The molecule has 126 valence electrons. The lowest BCUT2D eigenvalue weighted by Crippen LogP contribution is -2.33. The van der Waals surface area contributed by atoms with E-state index in [0.29, 0.717) is 6.61 Å². The van der Waals surface area contributed by atoms with Gasteiger partial charge in [-0.05, 0) is 42.2 Å². The zero-order valence-corrected chi connectivity index (χ0v) is 14.3. The van der Waals surface area contributed by atoms with Crippen LogP contribution in [0.4, 0.5) is 0 Å². The van der Waals surface area contributed by atoms with Gasteiger partial charge in [0.05, 0.1) is 6.61 Å². The van der Waals surface area contributed by atoms with Crippen molar-refractivity contribution in [3.8, 4) is 0 Å². The molecular formula is C20H22O4. The van der Waals surface area contributed by atoms with Gasteiger partial charge >= 0.3 is 5.97 Å². The van der Waals surface area contributed by atoms with E-state index in [4.69, 9.17) is 9.47 Å². The summed E-state index contributed by atoms with van der Waals surface area (Å²) in [5.41, 5.74) is 4.11. The van der Waals surface area contributed by atoms with Crippen molar-refractivity contribution < 1.29 is 19.4 Å². The van der Waals surface area contributed by atoms with E-state index in [1.807, 2.05) is 31.2 Å². The second kappa shape index (κ2) is 6.29. The number of rotatable bonds is 4. The molecule has 1 unspecified atom stereocenters. The van der Waals surface area contributed by atoms with E-state index in [1.54, 1.807) is 13.2 Å². The Morgan fingerprint density at radius 3 is 2.75 bits per heavy atom. The molecule has 0 fully saturated rings. The normalized spacial score (nSPS) is 22.3. The Bertz CT molecular complexity index is 770. The second-order valence-electron chi connectivity index (χ2n) is 6.48. The van der Waals surface area contributed by atoms with E-state index in [0.717, 1.165) is 23.1 Å². The van der Waals surface area contributed by atoms with Crippen molar-refractivity contribution >= 4 is 12.0 Å². The molecule has 24 heavy (non-hydrogen) atoms. The summed E-state index contributed by atoms with van der Waals surface area (Å²) in [6.07, 6.45) is 4.47. The molecule has 2 aliphatic rings. The summed E-state index contributed by atoms with van der Waals surface area (Å²) in [5.74, 6) is -0.539. The Morgan fingerprint density at radius 1 is 1.25 bits per heavy atom. The summed E-state index contributed by atoms with van der Waals surface area (Å²) in [6.45, 7) is 4.59. The molecule has 0 spiro atoms. The number of hydrogen-bond acceptors (Lipinski definition) is 4. The molecule has 0 saturated heterocycles. The number of allylic oxidation sites excluding steroid dienone is 2. The lowest BCUT2D eigenvalue weighted by atomic mass is 9.63. The minimum Gasteiger partial charge on any atom is -0.507 e. The van der Waals surface area contributed by atoms with E-state index in [2.05, 4.69) is 13.0 Å². The van der Waals surface area contributed by atoms with Crippen LogP contribution in [0.2, 0.25) is 0 Å². The Kier molecular flexibility index (Phi) is 4.33. The highest BCUT2D eigenvalue weighted by molar-refractivity contribution is 5.98. The first kappa shape index (κ1) is 16.5. The van der Waals surface area contributed by atoms with E-state index < -0.39 is 5.97 Å². The van der Waals surface area contributed by atoms with E-state index in [9.17, 15) is 9.90 Å². The van der Waals surface area contributed by atoms with Crippen molar-refractivity contribution in [2.45, 2.75) is 20.3 Å². The summed E-state index contributed by atoms with van der Waals surface area (Å²) in [4.78, 5) is 12.5. The summed E-state index contributed by atoms with van der Waals surface area (Å²) in [7, 11) is 1.55. The van der Waals surface area contributed by atoms with Gasteiger partial charge < -0.3 is 14.6 Å². The van der Waals surface area contributed by atoms with Crippen LogP contribution in [-0.4, -0.2) is 31.4 Å². The fraction of sp³-hybridized carbons (Fsp3) is 0.350. The SMILES string of the molecule is COCCOC(=O)C1=C(O)C=C(C)C2(C)Cc3ccccc3C=C12. The smallest absolute Gasteiger partial charge is 0.342 e. The van der Waals surface area contributed by atoms with E-state index >= 15 is 0 Å². The van der Waals surface area contributed by atoms with Gasteiger partial charge in [-0.15, -0.1) is 0 Å². The third kappa shape index (κ3) is 2.67. The van der Waals surface area contributed by atoms with Crippen LogP contribution in [-0.2, 0) is 20.7 Å². The van der Waals surface area contributed by atoms with Gasteiger partial charge in [0.1, 0.15) is 17.9 Å². The summed E-state index contributed by atoms with van der Waals surface area (Å²) in [5, 5.41) is 10.4. The average Bonchev–Trinajstić information content (AvgIpc) is 2.55. The van der Waals surface area contributed by atoms with Crippen molar-refractivity contribution in [2.75, 3.05) is 20.3 Å². The molecule has 4 nitrogen and oxygen atoms in total. The molecule has 0 aliphatic heterocycles. The van der Waals surface area contributed by atoms with Crippen molar-refractivity contribution in [1.82, 2.24) is 0 Å². The third-order valence-corrected chi connectivity index (χ3v) is 4.97. The molecule has 0 aromatic heterocycles. The van der Waals surface area contributed by atoms with Crippen LogP contribution in [0, 0.1) is 5.41 Å². The second-order valence-corrected chi connectivity index (χ2v) is 6.48. The van der Waals surface area contributed by atoms with Crippen LogP contribution in [0.1, 0.15) is 25.0 Å². The van der Waals surface area contributed by atoms with Crippen molar-refractivity contribution in [1.29, 1.82) is 0 Å². The van der Waals surface area contributed by atoms with Crippen LogP contribution in [0.5, 0.6) is 0 Å². The van der Waals surface area contributed by atoms with Crippen molar-refractivity contribution in [3.63, 3.8) is 0 Å². The molecule has 0 radical (unpaired) electrons. The highest BCUT2D eigenvalue weighted by Crippen LogP contribution is 2.50. The molecule has 0 saturated carbocycles. The predicted molar refractivity (Wildman–Crippen MR) is 92.5 cm³/mol. The van der Waals surface area contributed by atoms with Crippen molar-refractivity contribution in [2.24, 2.45) is 5.41 Å². The largest absolute Gasteiger partial charge is 0.507 e. The fourth-order valence-electron chi connectivity index (χ4n) is 3.41. The van der Waals surface area contributed by atoms with E-state index in [-0.39, 0.29) is 23.4 Å². The molecule has 1 N–H and O–H groups in total. The van der Waals surface area contributed by atoms with Gasteiger partial charge in [0, 0.05) is 12.5 Å². The molecule has 1 atom stereocenters. The molecular weight excluding hydrogens is 304 g/mol. The molecule has 0 amide bonds. The number of benzene rings is 1. The standard InChI is InChI=1S/C20H22O4/c1-13-10-17(21)18(19(22)24-9-8-23-3)16-11-14-6-4-5-7-15(14)12-20(13,16)2/h4-7,10-11,21H,8-9,12H2,1-3H3. The number of carbonyl (C=O) groups is 1. The van der Waals surface area contributed by atoms with Crippen LogP contribution in [0.15, 0.2) is 52.8 Å². The molecule has 0 heterocycles. The van der Waals surface area contributed by atoms with E-state index in [1.165, 1.54) is 5.56 Å². The minimum atomic E-state index is -0.509. The Hall–Kier alpha value is -2.33. The Morgan fingerprint density at radius 2 is 2.00 bits per heavy atom. The zero-order chi connectivity index (χ0) is 17.3. The van der Waals surface area contributed by atoms with Gasteiger partial charge in [0.25, 0.3) is 0 Å². The quantitative estimate of drug-likeness (QED) is 0.678. The molecule has 0 bridgehead atoms. The maximum atomic E-state index is 12.5. The number of hydrogen-bond donors (Lipinski definition) is 1. The number of aliphatic hydroxyl groups is 1. The van der Waals surface area contributed by atoms with Crippen LogP contribution in [0.3, 0.4) is 0 Å². The van der Waals surface area contributed by atoms with Crippen molar-refractivity contribution in [3.05, 3.63) is 63.9 Å². The maximum Gasteiger partial charge on any atom is 0.342 e. The number of methoxy groups -OCH3 is 1. The van der Waals surface area contributed by atoms with Crippen LogP contribution in [0.25, 0.3) is 6.08 Å². The highest BCUT2D eigenvalue weighted by atomic mass is 16.6. The Labute approximate surface area is 142 Å². The topological polar surface area (TPSA) is 55.8 Å². The van der Waals surface area contributed by atoms with Gasteiger partial charge in [0.2, 0.25) is 0 Å². The first-order chi connectivity index (χ1) is 11.5. The van der Waals surface area contributed by atoms with Gasteiger partial charge in [-0.1, -0.05) is 36.8 Å². The first-order valence-electron chi connectivity index (χ1n) is 8.06. The fourth-order valence-corrected chi connectivity index (χ4v) is 3.41. The molecule has 3 rings (SSSR count). The lowest BCUT2D eigenvalue weighted by Gasteiger charge is -2.40. The first-order valence-corrected chi connectivity index (χ1v) is 8.06. The summed E-state index contributed by atoms with van der Waals surface area (Å²) < 4.78 is 10.2. The Balaban J connectivity index is 2.06. The maximum absolute atomic E-state index is 12.5. The minimum absolute atomic E-state index is 0.0296. The number of carbonyl (C=O) groups excluding carboxylic acids is 1. The van der Waals surface area contributed by atoms with Gasteiger partial charge in [-0.25, -0.2) is 4.79 Å². The number of aliphatic hydroxyl groups excluding tert-OH is 1. The number of ether oxygens (including phenoxy) is 2. The summed E-state index contributed by atoms with van der Waals surface area (Å²) >= 11 is 0. The van der Waals surface area contributed by atoms with Gasteiger partial charge in [-0.3, -0.25) is 0 Å². The number of fused-ring (bicyclic) bond motifs is 2. The third-order valence-electron chi connectivity index (χ3n) is 4.97. The summed E-state index contributed by atoms with van der Waals surface area (Å²) in [6, 6.07) is 8.14. The lowest BCUT2D eigenvalue weighted by molar-refractivity contribution is -0.140. The van der Waals surface area contributed by atoms with Gasteiger partial charge in [-0.2, -0.15) is 0 Å². The molecule has 1 aromatic carbocycles. The molecule has 2 aliphatic carbocycles. The van der Waals surface area contributed by atoms with Crippen LogP contribution < -0.4 is 0 Å². The average molecular weight is 326 g/mol. The zero-order valence-electron chi connectivity index (χ0n) is 14.3. The van der Waals surface area contributed by atoms with Gasteiger partial charge in [0.15, 0.2) is 0 Å². The monoisotopic (exact) mass is 326 g/mol. The molecule has 4 heteroatoms. The molecule has 1 aromatic rings. The number of esters is 1. The highest BCUT2D eigenvalue weighted by Gasteiger charge is 2.42. The van der Waals surface area contributed by atoms with Crippen LogP contribution >= 0.6 is 0 Å².